The molecule has 1 saturated carbocycles. The maximum atomic E-state index is 13.0. The van der Waals surface area contributed by atoms with E-state index in [0.717, 1.165) is 44.3 Å². The number of carbonyl (C=O) groups excluding carboxylic acids is 2. The molecule has 0 aromatic heterocycles. The molecule has 166 valence electrons. The molecule has 0 aromatic rings. The van der Waals surface area contributed by atoms with Gasteiger partial charge in [0.2, 0.25) is 0 Å². The lowest BCUT2D eigenvalue weighted by Crippen LogP contribution is -2.64. The number of rotatable bonds is 2. The van der Waals surface area contributed by atoms with E-state index in [1.807, 2.05) is 13.8 Å². The Hall–Kier alpha value is -1.24. The van der Waals surface area contributed by atoms with Gasteiger partial charge in [0, 0.05) is 48.6 Å². The molecule has 1 N–H and O–H groups in total. The van der Waals surface area contributed by atoms with Crippen molar-refractivity contribution >= 4 is 11.8 Å². The van der Waals surface area contributed by atoms with E-state index >= 15 is 0 Å². The zero-order valence-corrected chi connectivity index (χ0v) is 18.7. The molecule has 2 heterocycles. The third kappa shape index (κ3) is 2.47. The Morgan fingerprint density at radius 3 is 2.73 bits per heavy atom. The number of piperidine rings is 1. The number of likely N-dealkylation sites (tertiary alicyclic amines) is 1. The largest absolute Gasteiger partial charge is 0.469 e. The number of allylic oxidation sites excluding steroid dienone is 1. The van der Waals surface area contributed by atoms with Crippen molar-refractivity contribution in [1.82, 2.24) is 4.90 Å². The molecule has 5 rings (SSSR count). The van der Waals surface area contributed by atoms with Crippen molar-refractivity contribution in [2.45, 2.75) is 58.2 Å². The first-order valence-corrected chi connectivity index (χ1v) is 11.6. The Morgan fingerprint density at radius 1 is 1.33 bits per heavy atom. The van der Waals surface area contributed by atoms with Gasteiger partial charge in [-0.25, -0.2) is 0 Å². The molecule has 2 saturated heterocycles. The lowest BCUT2D eigenvalue weighted by atomic mass is 9.50. The first kappa shape index (κ1) is 20.7. The van der Waals surface area contributed by atoms with Crippen molar-refractivity contribution in [1.29, 1.82) is 0 Å². The number of ether oxygens (including phenoxy) is 2. The van der Waals surface area contributed by atoms with Crippen LogP contribution in [0.3, 0.4) is 0 Å². The van der Waals surface area contributed by atoms with E-state index in [-0.39, 0.29) is 40.3 Å². The standard InChI is InChI=1S/C24H35NO5/c1-14(2)24(28)8-7-22(13-30-24)15-5-6-16-19(26)9-17-18(21(27)29-4)10-23(22,20(16)17)12-25(3)11-15/h14-15,17-18,28H,5-13H2,1-4H3/t15-,17-,18-,22+,23-,24+/m1/s1. The number of carbonyl (C=O) groups is 2. The molecule has 6 heteroatoms. The fraction of sp³-hybridized carbons (Fsp3) is 0.833. The van der Waals surface area contributed by atoms with Crippen LogP contribution in [0, 0.1) is 34.5 Å². The average molecular weight is 418 g/mol. The van der Waals surface area contributed by atoms with Gasteiger partial charge in [0.25, 0.3) is 0 Å². The SMILES string of the molecule is COC(=O)[C@@H]1C[C@@]23CN(C)C[C@@H](CCC4=C2[C@@H]1CC4=O)[C@@]31CC[C@@](O)(C(C)C)OC1. The molecule has 0 radical (unpaired) electrons. The van der Waals surface area contributed by atoms with Crippen LogP contribution in [0.25, 0.3) is 0 Å². The topological polar surface area (TPSA) is 76.1 Å². The van der Waals surface area contributed by atoms with Gasteiger partial charge >= 0.3 is 5.97 Å². The number of methoxy groups -OCH3 is 1. The molecular formula is C24H35NO5. The predicted molar refractivity (Wildman–Crippen MR) is 110 cm³/mol. The molecule has 0 aromatic carbocycles. The van der Waals surface area contributed by atoms with Crippen molar-refractivity contribution in [3.63, 3.8) is 0 Å². The minimum atomic E-state index is -1.09. The Balaban J connectivity index is 1.65. The highest BCUT2D eigenvalue weighted by molar-refractivity contribution is 6.01. The van der Waals surface area contributed by atoms with Crippen molar-refractivity contribution in [3.05, 3.63) is 11.1 Å². The maximum absolute atomic E-state index is 13.0. The Kier molecular flexibility index (Phi) is 4.56. The van der Waals surface area contributed by atoms with Gasteiger partial charge in [-0.2, -0.15) is 0 Å². The number of Topliss-reactive ketones (excluding diaryl/α,β-unsaturated/α-hetero) is 1. The number of esters is 1. The summed E-state index contributed by atoms with van der Waals surface area (Å²) in [6.45, 7) is 6.35. The Labute approximate surface area is 179 Å². The lowest BCUT2D eigenvalue weighted by Gasteiger charge is -2.62. The van der Waals surface area contributed by atoms with Gasteiger partial charge in [-0.1, -0.05) is 19.4 Å². The molecule has 0 unspecified atom stereocenters. The van der Waals surface area contributed by atoms with Gasteiger partial charge in [0.15, 0.2) is 11.6 Å². The molecular weight excluding hydrogens is 382 g/mol. The van der Waals surface area contributed by atoms with Gasteiger partial charge in [0.05, 0.1) is 19.6 Å². The highest BCUT2D eigenvalue weighted by Gasteiger charge is 2.70. The number of hydrogen-bond acceptors (Lipinski definition) is 6. The molecule has 2 spiro atoms. The summed E-state index contributed by atoms with van der Waals surface area (Å²) in [7, 11) is 3.62. The minimum absolute atomic E-state index is 0.0204. The molecule has 2 bridgehead atoms. The lowest BCUT2D eigenvalue weighted by molar-refractivity contribution is -0.300. The molecule has 3 aliphatic carbocycles. The van der Waals surface area contributed by atoms with Gasteiger partial charge in [-0.05, 0) is 44.2 Å². The summed E-state index contributed by atoms with van der Waals surface area (Å²) in [6, 6.07) is 0. The zero-order valence-electron chi connectivity index (χ0n) is 18.7. The Morgan fingerprint density at radius 2 is 2.10 bits per heavy atom. The van der Waals surface area contributed by atoms with Crippen LogP contribution in [-0.4, -0.2) is 61.4 Å². The van der Waals surface area contributed by atoms with Crippen LogP contribution < -0.4 is 0 Å². The molecule has 0 amide bonds. The summed E-state index contributed by atoms with van der Waals surface area (Å²) < 4.78 is 11.5. The zero-order chi connectivity index (χ0) is 21.5. The molecule has 3 fully saturated rings. The average Bonchev–Trinajstić information content (AvgIpc) is 3.18. The molecule has 2 aliphatic heterocycles. The van der Waals surface area contributed by atoms with Crippen LogP contribution in [0.2, 0.25) is 0 Å². The summed E-state index contributed by atoms with van der Waals surface area (Å²) in [5, 5.41) is 11.0. The fourth-order valence-electron chi connectivity index (χ4n) is 7.97. The van der Waals surface area contributed by atoms with Crippen LogP contribution in [0.15, 0.2) is 11.1 Å². The van der Waals surface area contributed by atoms with Crippen LogP contribution in [0.4, 0.5) is 0 Å². The number of hydrogen-bond donors (Lipinski definition) is 1. The van der Waals surface area contributed by atoms with E-state index in [1.54, 1.807) is 0 Å². The fourth-order valence-corrected chi connectivity index (χ4v) is 7.97. The van der Waals surface area contributed by atoms with Gasteiger partial charge < -0.3 is 19.5 Å². The first-order valence-electron chi connectivity index (χ1n) is 11.6. The van der Waals surface area contributed by atoms with Crippen LogP contribution in [0.1, 0.15) is 52.4 Å². The minimum Gasteiger partial charge on any atom is -0.469 e. The number of nitrogens with zero attached hydrogens (tertiary/aromatic N) is 1. The smallest absolute Gasteiger partial charge is 0.309 e. The summed E-state index contributed by atoms with van der Waals surface area (Å²) in [6.07, 6.45) is 4.47. The van der Waals surface area contributed by atoms with Crippen molar-refractivity contribution < 1.29 is 24.2 Å². The van der Waals surface area contributed by atoms with Crippen LogP contribution in [0.5, 0.6) is 0 Å². The van der Waals surface area contributed by atoms with Gasteiger partial charge in [-0.3, -0.25) is 9.59 Å². The van der Waals surface area contributed by atoms with Gasteiger partial charge in [-0.15, -0.1) is 0 Å². The van der Waals surface area contributed by atoms with E-state index in [1.165, 1.54) is 12.7 Å². The molecule has 30 heavy (non-hydrogen) atoms. The highest BCUT2D eigenvalue weighted by atomic mass is 16.6. The van der Waals surface area contributed by atoms with Crippen molar-refractivity contribution in [3.8, 4) is 0 Å². The van der Waals surface area contributed by atoms with Crippen LogP contribution >= 0.6 is 0 Å². The van der Waals surface area contributed by atoms with Gasteiger partial charge in [0.1, 0.15) is 0 Å². The monoisotopic (exact) mass is 417 g/mol. The van der Waals surface area contributed by atoms with Crippen LogP contribution in [-0.2, 0) is 19.1 Å². The quantitative estimate of drug-likeness (QED) is 0.696. The molecule has 6 atom stereocenters. The second-order valence-corrected chi connectivity index (χ2v) is 10.9. The third-order valence-electron chi connectivity index (χ3n) is 9.47. The number of ketones is 1. The Bertz CT molecular complexity index is 808. The summed E-state index contributed by atoms with van der Waals surface area (Å²) in [5.74, 6) is -0.877. The summed E-state index contributed by atoms with van der Waals surface area (Å²) in [4.78, 5) is 28.2. The number of aliphatic hydroxyl groups is 1. The second-order valence-electron chi connectivity index (χ2n) is 10.9. The second kappa shape index (κ2) is 6.63. The van der Waals surface area contributed by atoms with Crippen molar-refractivity contribution in [2.24, 2.45) is 34.5 Å². The third-order valence-corrected chi connectivity index (χ3v) is 9.47. The van der Waals surface area contributed by atoms with E-state index in [2.05, 4.69) is 11.9 Å². The normalized spacial score (nSPS) is 45.8. The molecule has 6 nitrogen and oxygen atoms in total. The first-order chi connectivity index (χ1) is 14.2. The maximum Gasteiger partial charge on any atom is 0.309 e. The molecule has 5 aliphatic rings. The predicted octanol–water partition coefficient (Wildman–Crippen LogP) is 2.55. The van der Waals surface area contributed by atoms with Crippen molar-refractivity contribution in [2.75, 3.05) is 33.9 Å². The van der Waals surface area contributed by atoms with E-state index in [9.17, 15) is 14.7 Å². The van der Waals surface area contributed by atoms with E-state index in [4.69, 9.17) is 9.47 Å². The van der Waals surface area contributed by atoms with E-state index in [0.29, 0.717) is 25.4 Å². The van der Waals surface area contributed by atoms with E-state index < -0.39 is 5.79 Å². The summed E-state index contributed by atoms with van der Waals surface area (Å²) in [5.41, 5.74) is 1.89. The summed E-state index contributed by atoms with van der Waals surface area (Å²) >= 11 is 0. The highest BCUT2D eigenvalue weighted by Crippen LogP contribution is 2.71.